The molecule has 1 fully saturated rings. The highest BCUT2D eigenvalue weighted by atomic mass is 127. The van der Waals surface area contributed by atoms with Crippen molar-refractivity contribution in [2.24, 2.45) is 10.7 Å². The fourth-order valence-corrected chi connectivity index (χ4v) is 3.11. The summed E-state index contributed by atoms with van der Waals surface area (Å²) in [5, 5.41) is 3.19. The second-order valence-corrected chi connectivity index (χ2v) is 7.36. The maximum Gasteiger partial charge on any atom is 0.193 e. The van der Waals surface area contributed by atoms with Gasteiger partial charge in [0.2, 0.25) is 0 Å². The van der Waals surface area contributed by atoms with Crippen LogP contribution in [0.5, 0.6) is 0 Å². The van der Waals surface area contributed by atoms with Gasteiger partial charge in [-0.25, -0.2) is 0 Å². The molecule has 2 unspecified atom stereocenters. The van der Waals surface area contributed by atoms with Crippen molar-refractivity contribution in [3.8, 4) is 0 Å². The standard InChI is InChI=1S/C19H32N4O.HI/c1-6-16-8-7-9-17(10-16)22-18(20)21-13-19(4,5)23-11-14(2)24-15(3)12-23;/h7-10,14-15H,6,11-13H2,1-5H3,(H3,20,21,22);1H. The highest BCUT2D eigenvalue weighted by Gasteiger charge is 2.33. The van der Waals surface area contributed by atoms with Gasteiger partial charge in [0.05, 0.1) is 18.8 Å². The third-order valence-electron chi connectivity index (χ3n) is 4.52. The fourth-order valence-electron chi connectivity index (χ4n) is 3.11. The number of nitrogens with one attached hydrogen (secondary N) is 1. The summed E-state index contributed by atoms with van der Waals surface area (Å²) in [5.74, 6) is 0.464. The second-order valence-electron chi connectivity index (χ2n) is 7.36. The van der Waals surface area contributed by atoms with Crippen LogP contribution in [0.3, 0.4) is 0 Å². The van der Waals surface area contributed by atoms with Gasteiger partial charge < -0.3 is 15.8 Å². The molecule has 2 atom stereocenters. The molecule has 0 radical (unpaired) electrons. The Balaban J connectivity index is 0.00000312. The van der Waals surface area contributed by atoms with Gasteiger partial charge in [-0.2, -0.15) is 0 Å². The number of nitrogens with two attached hydrogens (primary N) is 1. The number of nitrogens with zero attached hydrogens (tertiary/aromatic N) is 2. The smallest absolute Gasteiger partial charge is 0.193 e. The predicted octanol–water partition coefficient (Wildman–Crippen LogP) is 3.48. The first-order valence-corrected chi connectivity index (χ1v) is 8.86. The summed E-state index contributed by atoms with van der Waals surface area (Å²) < 4.78 is 5.82. The number of ether oxygens (including phenoxy) is 1. The molecule has 1 aliphatic heterocycles. The molecule has 0 bridgehead atoms. The normalized spacial score (nSPS) is 22.4. The Labute approximate surface area is 169 Å². The fraction of sp³-hybridized carbons (Fsp3) is 0.632. The van der Waals surface area contributed by atoms with E-state index in [0.29, 0.717) is 12.5 Å². The van der Waals surface area contributed by atoms with Gasteiger partial charge in [0, 0.05) is 24.3 Å². The van der Waals surface area contributed by atoms with Crippen LogP contribution in [0.4, 0.5) is 5.69 Å². The number of halogens is 1. The highest BCUT2D eigenvalue weighted by Crippen LogP contribution is 2.21. The topological polar surface area (TPSA) is 62.9 Å². The van der Waals surface area contributed by atoms with Crippen LogP contribution in [-0.4, -0.2) is 48.2 Å². The molecule has 1 heterocycles. The molecule has 0 saturated carbocycles. The molecule has 1 aliphatic rings. The number of aliphatic imine (C=N–C) groups is 1. The van der Waals surface area contributed by atoms with Crippen LogP contribution < -0.4 is 11.1 Å². The van der Waals surface area contributed by atoms with Crippen LogP contribution in [-0.2, 0) is 11.2 Å². The van der Waals surface area contributed by atoms with E-state index < -0.39 is 0 Å². The second kappa shape index (κ2) is 9.73. The van der Waals surface area contributed by atoms with Gasteiger partial charge in [0.25, 0.3) is 0 Å². The summed E-state index contributed by atoms with van der Waals surface area (Å²) in [6, 6.07) is 8.27. The van der Waals surface area contributed by atoms with Crippen LogP contribution in [0.25, 0.3) is 0 Å². The van der Waals surface area contributed by atoms with Gasteiger partial charge in [-0.1, -0.05) is 19.1 Å². The van der Waals surface area contributed by atoms with Crippen LogP contribution in [0, 0.1) is 0 Å². The van der Waals surface area contributed by atoms with E-state index in [2.05, 4.69) is 62.0 Å². The molecule has 2 rings (SSSR count). The van der Waals surface area contributed by atoms with E-state index in [1.54, 1.807) is 0 Å². The van der Waals surface area contributed by atoms with Gasteiger partial charge in [-0.05, 0) is 51.8 Å². The molecule has 0 amide bonds. The molecule has 3 N–H and O–H groups in total. The maximum absolute atomic E-state index is 6.08. The molecule has 5 nitrogen and oxygen atoms in total. The van der Waals surface area contributed by atoms with Crippen LogP contribution >= 0.6 is 24.0 Å². The molecule has 25 heavy (non-hydrogen) atoms. The minimum absolute atomic E-state index is 0. The number of guanidine groups is 1. The Morgan fingerprint density at radius 1 is 1.32 bits per heavy atom. The zero-order valence-corrected chi connectivity index (χ0v) is 18.4. The van der Waals surface area contributed by atoms with Gasteiger partial charge >= 0.3 is 0 Å². The maximum atomic E-state index is 6.08. The Bertz CT molecular complexity index is 566. The Hall–Kier alpha value is -0.860. The summed E-state index contributed by atoms with van der Waals surface area (Å²) in [5.41, 5.74) is 8.30. The molecule has 0 aromatic heterocycles. The predicted molar refractivity (Wildman–Crippen MR) is 117 cm³/mol. The lowest BCUT2D eigenvalue weighted by atomic mass is 10.0. The van der Waals surface area contributed by atoms with Crippen molar-refractivity contribution in [2.75, 3.05) is 25.0 Å². The third-order valence-corrected chi connectivity index (χ3v) is 4.52. The van der Waals surface area contributed by atoms with Gasteiger partial charge in [-0.3, -0.25) is 9.89 Å². The summed E-state index contributed by atoms with van der Waals surface area (Å²) in [4.78, 5) is 7.02. The number of benzene rings is 1. The van der Waals surface area contributed by atoms with Gasteiger partial charge in [-0.15, -0.1) is 24.0 Å². The molecule has 1 aromatic rings. The molecule has 142 valence electrons. The third kappa shape index (κ3) is 6.75. The molecule has 1 aromatic carbocycles. The van der Waals surface area contributed by atoms with E-state index in [1.165, 1.54) is 5.56 Å². The van der Waals surface area contributed by atoms with Gasteiger partial charge in [0.15, 0.2) is 5.96 Å². The molecule has 1 saturated heterocycles. The van der Waals surface area contributed by atoms with E-state index in [-0.39, 0.29) is 41.7 Å². The SMILES string of the molecule is CCc1cccc(NC(N)=NCC(C)(C)N2CC(C)OC(C)C2)c1.I. The summed E-state index contributed by atoms with van der Waals surface area (Å²) in [6.07, 6.45) is 1.51. The van der Waals surface area contributed by atoms with Crippen LogP contribution in [0.15, 0.2) is 29.3 Å². The largest absolute Gasteiger partial charge is 0.373 e. The van der Waals surface area contributed by atoms with Crippen molar-refractivity contribution in [1.82, 2.24) is 4.90 Å². The average molecular weight is 460 g/mol. The lowest BCUT2D eigenvalue weighted by molar-refractivity contribution is -0.0939. The summed E-state index contributed by atoms with van der Waals surface area (Å²) >= 11 is 0. The minimum Gasteiger partial charge on any atom is -0.373 e. The zero-order valence-electron chi connectivity index (χ0n) is 16.1. The van der Waals surface area contributed by atoms with Gasteiger partial charge in [0.1, 0.15) is 0 Å². The summed E-state index contributed by atoms with van der Waals surface area (Å²) in [7, 11) is 0. The molecule has 0 aliphatic carbocycles. The number of morpholine rings is 1. The van der Waals surface area contributed by atoms with Crippen molar-refractivity contribution in [3.63, 3.8) is 0 Å². The van der Waals surface area contributed by atoms with Crippen molar-refractivity contribution in [2.45, 2.75) is 58.8 Å². The lowest BCUT2D eigenvalue weighted by Gasteiger charge is -2.44. The first-order chi connectivity index (χ1) is 11.3. The molecular formula is C19H33IN4O. The van der Waals surface area contributed by atoms with Crippen LogP contribution in [0.1, 0.15) is 40.2 Å². The van der Waals surface area contributed by atoms with E-state index in [4.69, 9.17) is 10.5 Å². The highest BCUT2D eigenvalue weighted by molar-refractivity contribution is 14.0. The van der Waals surface area contributed by atoms with Crippen molar-refractivity contribution < 1.29 is 4.74 Å². The number of hydrogen-bond donors (Lipinski definition) is 2. The minimum atomic E-state index is -0.0517. The number of anilines is 1. The first-order valence-electron chi connectivity index (χ1n) is 8.86. The van der Waals surface area contributed by atoms with E-state index in [9.17, 15) is 0 Å². The number of rotatable bonds is 5. The van der Waals surface area contributed by atoms with Crippen molar-refractivity contribution in [3.05, 3.63) is 29.8 Å². The van der Waals surface area contributed by atoms with Crippen molar-refractivity contribution >= 4 is 35.6 Å². The average Bonchev–Trinajstić information content (AvgIpc) is 2.52. The lowest BCUT2D eigenvalue weighted by Crippen LogP contribution is -2.56. The number of hydrogen-bond acceptors (Lipinski definition) is 3. The molecule has 0 spiro atoms. The Kier molecular flexibility index (Phi) is 8.63. The molecule has 6 heteroatoms. The van der Waals surface area contributed by atoms with Crippen LogP contribution in [0.2, 0.25) is 0 Å². The van der Waals surface area contributed by atoms with Crippen molar-refractivity contribution in [1.29, 1.82) is 0 Å². The van der Waals surface area contributed by atoms with E-state index in [0.717, 1.165) is 25.2 Å². The summed E-state index contributed by atoms with van der Waals surface area (Å²) in [6.45, 7) is 13.3. The first kappa shape index (κ1) is 22.2. The van der Waals surface area contributed by atoms with E-state index >= 15 is 0 Å². The zero-order chi connectivity index (χ0) is 17.7. The van der Waals surface area contributed by atoms with E-state index in [1.807, 2.05) is 12.1 Å². The molecular weight excluding hydrogens is 427 g/mol. The monoisotopic (exact) mass is 460 g/mol. The Morgan fingerprint density at radius 2 is 1.96 bits per heavy atom. The quantitative estimate of drug-likeness (QED) is 0.401. The number of aryl methyl sites for hydroxylation is 1. The Morgan fingerprint density at radius 3 is 2.56 bits per heavy atom.